The van der Waals surface area contributed by atoms with Crippen LogP contribution in [-0.4, -0.2) is 29.0 Å². The number of urea groups is 1. The van der Waals surface area contributed by atoms with E-state index in [0.29, 0.717) is 16.4 Å². The van der Waals surface area contributed by atoms with Crippen molar-refractivity contribution in [1.29, 1.82) is 0 Å². The maximum Gasteiger partial charge on any atom is 0.323 e. The molecule has 0 fully saturated rings. The number of carbonyl (C=O) groups excluding carboxylic acids is 1. The molecule has 0 radical (unpaired) electrons. The molecule has 0 aromatic heterocycles. The number of fused-ring (bicyclic) bond motifs is 3. The molecule has 0 unspecified atom stereocenters. The summed E-state index contributed by atoms with van der Waals surface area (Å²) in [6, 6.07) is 20.9. The van der Waals surface area contributed by atoms with E-state index in [9.17, 15) is 4.79 Å². The quantitative estimate of drug-likeness (QED) is 0.291. The van der Waals surface area contributed by atoms with Gasteiger partial charge in [0, 0.05) is 33.9 Å². The summed E-state index contributed by atoms with van der Waals surface area (Å²) in [7, 11) is 0. The van der Waals surface area contributed by atoms with Crippen molar-refractivity contribution in [3.8, 4) is 11.3 Å². The van der Waals surface area contributed by atoms with Crippen molar-refractivity contribution in [2.75, 3.05) is 23.7 Å². The molecule has 2 amide bonds. The lowest BCUT2D eigenvalue weighted by Crippen LogP contribution is -2.25. The number of aromatic nitrogens is 1. The van der Waals surface area contributed by atoms with Crippen LogP contribution in [0.5, 0.6) is 0 Å². The first kappa shape index (κ1) is 23.0. The Bertz CT molecular complexity index is 1220. The summed E-state index contributed by atoms with van der Waals surface area (Å²) in [6.45, 7) is 7.48. The second kappa shape index (κ2) is 10.6. The van der Waals surface area contributed by atoms with Crippen LogP contribution in [0.2, 0.25) is 5.02 Å². The zero-order chi connectivity index (χ0) is 23.2. The van der Waals surface area contributed by atoms with Gasteiger partial charge in [0.15, 0.2) is 0 Å². The van der Waals surface area contributed by atoms with Gasteiger partial charge in [0.1, 0.15) is 0 Å². The molecule has 33 heavy (non-hydrogen) atoms. The number of para-hydroxylation sites is 1. The predicted molar refractivity (Wildman–Crippen MR) is 138 cm³/mol. The largest absolute Gasteiger partial charge is 0.323 e. The summed E-state index contributed by atoms with van der Waals surface area (Å²) in [5.41, 5.74) is 5.51. The molecule has 0 spiro atoms. The standard InChI is InChI=1S/C27H29ClN4O/c1-3-14-32(15-4-2)18-19-8-5-13-24-23-12-7-11-22(17-25(23)31-26(19)24)30-27(33)29-21-10-6-9-20(28)16-21/h5-13,16-17H,3-4,14-15,18H2,1-2H3,(H2,29,30,33). The molecule has 2 aromatic rings. The third kappa shape index (κ3) is 5.62. The van der Waals surface area contributed by atoms with Gasteiger partial charge in [-0.05, 0) is 61.8 Å². The summed E-state index contributed by atoms with van der Waals surface area (Å²) in [4.78, 5) is 20.0. The molecule has 0 saturated heterocycles. The summed E-state index contributed by atoms with van der Waals surface area (Å²) >= 11 is 6.01. The highest BCUT2D eigenvalue weighted by atomic mass is 35.5. The van der Waals surface area contributed by atoms with Gasteiger partial charge in [-0.25, -0.2) is 9.78 Å². The maximum atomic E-state index is 12.5. The number of halogens is 1. The fourth-order valence-corrected chi connectivity index (χ4v) is 4.39. The molecule has 2 N–H and O–H groups in total. The number of carbonyl (C=O) groups is 1. The van der Waals surface area contributed by atoms with Crippen molar-refractivity contribution in [3.63, 3.8) is 0 Å². The lowest BCUT2D eigenvalue weighted by molar-refractivity contribution is 0.262. The fourth-order valence-electron chi connectivity index (χ4n) is 4.20. The van der Waals surface area contributed by atoms with Crippen LogP contribution >= 0.6 is 11.6 Å². The highest BCUT2D eigenvalue weighted by molar-refractivity contribution is 6.30. The lowest BCUT2D eigenvalue weighted by Gasteiger charge is -2.21. The summed E-state index contributed by atoms with van der Waals surface area (Å²) in [5.74, 6) is 0. The van der Waals surface area contributed by atoms with Crippen LogP contribution in [0, 0.1) is 0 Å². The molecule has 4 rings (SSSR count). The molecule has 6 heteroatoms. The van der Waals surface area contributed by atoms with Gasteiger partial charge in [-0.3, -0.25) is 4.90 Å². The Morgan fingerprint density at radius 2 is 1.58 bits per heavy atom. The minimum Gasteiger partial charge on any atom is -0.308 e. The Kier molecular flexibility index (Phi) is 7.43. The molecule has 0 bridgehead atoms. The number of hydrogen-bond acceptors (Lipinski definition) is 3. The number of hydrogen-bond donors (Lipinski definition) is 2. The molecule has 1 aliphatic carbocycles. The average Bonchev–Trinajstić information content (AvgIpc) is 3.00. The topological polar surface area (TPSA) is 57.3 Å². The summed E-state index contributed by atoms with van der Waals surface area (Å²) in [6.07, 6.45) is 2.27. The van der Waals surface area contributed by atoms with Gasteiger partial charge in [0.2, 0.25) is 0 Å². The second-order valence-electron chi connectivity index (χ2n) is 8.22. The molecule has 1 heterocycles. The van der Waals surface area contributed by atoms with Gasteiger partial charge in [-0.1, -0.05) is 61.8 Å². The fraction of sp³-hybridized carbons (Fsp3) is 0.259. The highest BCUT2D eigenvalue weighted by Crippen LogP contribution is 2.34. The van der Waals surface area contributed by atoms with Gasteiger partial charge in [-0.15, -0.1) is 0 Å². The van der Waals surface area contributed by atoms with Crippen molar-refractivity contribution in [2.45, 2.75) is 33.2 Å². The smallest absolute Gasteiger partial charge is 0.308 e. The van der Waals surface area contributed by atoms with Crippen molar-refractivity contribution >= 4 is 39.9 Å². The van der Waals surface area contributed by atoms with Crippen LogP contribution in [0.4, 0.5) is 16.2 Å². The highest BCUT2D eigenvalue weighted by Gasteiger charge is 2.16. The van der Waals surface area contributed by atoms with E-state index in [0.717, 1.165) is 54.6 Å². The molecule has 2 aromatic carbocycles. The van der Waals surface area contributed by atoms with E-state index in [1.165, 1.54) is 5.56 Å². The van der Waals surface area contributed by atoms with Gasteiger partial charge in [-0.2, -0.15) is 0 Å². The SMILES string of the molecule is CCCN(CCC)Cc1cccc2c3cccc(NC(=O)Nc4cccc(Cl)c4)cc-3nc12. The monoisotopic (exact) mass is 460 g/mol. The molecule has 0 saturated carbocycles. The Labute approximate surface area is 200 Å². The van der Waals surface area contributed by atoms with E-state index >= 15 is 0 Å². The van der Waals surface area contributed by atoms with E-state index in [-0.39, 0.29) is 6.03 Å². The third-order valence-corrected chi connectivity index (χ3v) is 5.80. The van der Waals surface area contributed by atoms with Crippen LogP contribution in [0.3, 0.4) is 0 Å². The van der Waals surface area contributed by atoms with E-state index in [1.807, 2.05) is 18.2 Å². The first-order valence-electron chi connectivity index (χ1n) is 11.4. The second-order valence-corrected chi connectivity index (χ2v) is 8.65. The van der Waals surface area contributed by atoms with Crippen molar-refractivity contribution < 1.29 is 4.79 Å². The van der Waals surface area contributed by atoms with E-state index in [1.54, 1.807) is 24.3 Å². The maximum absolute atomic E-state index is 12.5. The van der Waals surface area contributed by atoms with E-state index < -0.39 is 0 Å². The number of anilines is 2. The molecule has 1 aliphatic heterocycles. The molecule has 5 nitrogen and oxygen atoms in total. The van der Waals surface area contributed by atoms with Crippen molar-refractivity contribution in [2.24, 2.45) is 0 Å². The number of nitrogens with one attached hydrogen (secondary N) is 2. The van der Waals surface area contributed by atoms with Gasteiger partial charge in [0.25, 0.3) is 0 Å². The normalized spacial score (nSPS) is 11.3. The number of nitrogens with zero attached hydrogens (tertiary/aromatic N) is 2. The summed E-state index contributed by atoms with van der Waals surface area (Å²) < 4.78 is 0. The molecular formula is C27H29ClN4O. The minimum atomic E-state index is -0.330. The lowest BCUT2D eigenvalue weighted by atomic mass is 10.1. The van der Waals surface area contributed by atoms with Gasteiger partial charge in [0.05, 0.1) is 11.2 Å². The van der Waals surface area contributed by atoms with E-state index in [4.69, 9.17) is 16.6 Å². The van der Waals surface area contributed by atoms with Crippen LogP contribution in [0.25, 0.3) is 22.2 Å². The minimum absolute atomic E-state index is 0.330. The number of benzene rings is 2. The van der Waals surface area contributed by atoms with Crippen molar-refractivity contribution in [1.82, 2.24) is 9.88 Å². The molecule has 2 aliphatic rings. The Hall–Kier alpha value is -3.15. The van der Waals surface area contributed by atoms with Crippen molar-refractivity contribution in [3.05, 3.63) is 77.3 Å². The summed E-state index contributed by atoms with van der Waals surface area (Å²) in [5, 5.41) is 7.43. The number of rotatable bonds is 8. The zero-order valence-electron chi connectivity index (χ0n) is 19.1. The average molecular weight is 461 g/mol. The first-order chi connectivity index (χ1) is 16.1. The molecular weight excluding hydrogens is 432 g/mol. The Balaban J connectivity index is 1.60. The Morgan fingerprint density at radius 3 is 2.27 bits per heavy atom. The van der Waals surface area contributed by atoms with Crippen LogP contribution < -0.4 is 10.6 Å². The molecule has 0 atom stereocenters. The van der Waals surface area contributed by atoms with Gasteiger partial charge < -0.3 is 10.6 Å². The third-order valence-electron chi connectivity index (χ3n) is 5.56. The van der Waals surface area contributed by atoms with Gasteiger partial charge >= 0.3 is 6.03 Å². The first-order valence-corrected chi connectivity index (χ1v) is 11.8. The predicted octanol–water partition coefficient (Wildman–Crippen LogP) is 7.26. The van der Waals surface area contributed by atoms with E-state index in [2.05, 4.69) is 53.6 Å². The Morgan fingerprint density at radius 1 is 0.909 bits per heavy atom. The van der Waals surface area contributed by atoms with Crippen LogP contribution in [0.1, 0.15) is 32.3 Å². The molecule has 170 valence electrons. The van der Waals surface area contributed by atoms with Crippen LogP contribution in [0.15, 0.2) is 66.7 Å². The number of amides is 2. The van der Waals surface area contributed by atoms with Crippen LogP contribution in [-0.2, 0) is 6.54 Å². The zero-order valence-corrected chi connectivity index (χ0v) is 19.8.